The molecule has 0 saturated heterocycles. The Morgan fingerprint density at radius 3 is 1.44 bits per heavy atom. The van der Waals surface area contributed by atoms with Gasteiger partial charge in [0.05, 0.1) is 34.4 Å². The van der Waals surface area contributed by atoms with Gasteiger partial charge in [0.15, 0.2) is 0 Å². The molecule has 0 radical (unpaired) electrons. The van der Waals surface area contributed by atoms with Crippen molar-refractivity contribution in [3.8, 4) is 0 Å². The summed E-state index contributed by atoms with van der Waals surface area (Å²) in [5.41, 5.74) is 0. The molecular formula is C45H91NO7P+. The number of hydrogen-bond donors (Lipinski definition) is 1. The van der Waals surface area contributed by atoms with Gasteiger partial charge in [0.2, 0.25) is 0 Å². The molecule has 0 saturated carbocycles. The van der Waals surface area contributed by atoms with Gasteiger partial charge in [-0.1, -0.05) is 180 Å². The molecule has 0 rings (SSSR count). The summed E-state index contributed by atoms with van der Waals surface area (Å²) in [4.78, 5) is 22.9. The smallest absolute Gasteiger partial charge is 0.457 e. The van der Waals surface area contributed by atoms with Crippen LogP contribution in [0.25, 0.3) is 0 Å². The summed E-state index contributed by atoms with van der Waals surface area (Å²) in [5, 5.41) is 0. The van der Waals surface area contributed by atoms with Crippen LogP contribution >= 0.6 is 7.82 Å². The molecule has 1 N–H and O–H groups in total. The van der Waals surface area contributed by atoms with E-state index >= 15 is 0 Å². The molecule has 0 aromatic rings. The molecule has 0 aliphatic carbocycles. The van der Waals surface area contributed by atoms with Gasteiger partial charge in [-0.05, 0) is 38.5 Å². The summed E-state index contributed by atoms with van der Waals surface area (Å²) in [6.07, 6.45) is 42.4. The number of nitrogens with zero attached hydrogens (tertiary/aromatic N) is 1. The molecule has 9 heteroatoms. The van der Waals surface area contributed by atoms with E-state index in [0.717, 1.165) is 32.1 Å². The maximum Gasteiger partial charge on any atom is 0.472 e. The lowest BCUT2D eigenvalue weighted by Gasteiger charge is -2.24. The van der Waals surface area contributed by atoms with Crippen LogP contribution in [0.2, 0.25) is 0 Å². The summed E-state index contributed by atoms with van der Waals surface area (Å²) in [7, 11) is 1.67. The van der Waals surface area contributed by atoms with E-state index in [1.165, 1.54) is 161 Å². The van der Waals surface area contributed by atoms with Crippen LogP contribution in [0.15, 0.2) is 12.2 Å². The summed E-state index contributed by atoms with van der Waals surface area (Å²) >= 11 is 0. The maximum atomic E-state index is 12.7. The Hall–Kier alpha value is -0.760. The molecule has 322 valence electrons. The fourth-order valence-electron chi connectivity index (χ4n) is 6.49. The Morgan fingerprint density at radius 1 is 0.556 bits per heavy atom. The van der Waals surface area contributed by atoms with Crippen molar-refractivity contribution in [3.05, 3.63) is 12.2 Å². The van der Waals surface area contributed by atoms with Crippen molar-refractivity contribution in [3.63, 3.8) is 0 Å². The third-order valence-electron chi connectivity index (χ3n) is 10.1. The number of phosphoric ester groups is 1. The number of ether oxygens (including phenoxy) is 2. The minimum absolute atomic E-state index is 0.0907. The Bertz CT molecular complexity index is 879. The molecule has 0 aromatic carbocycles. The van der Waals surface area contributed by atoms with Gasteiger partial charge in [0, 0.05) is 13.0 Å². The SMILES string of the molecule is CCCCC/C=C\CCCCCCCCOCC(COP(=O)(O)OCC[N+](C)(C)C)OC(=O)CCCCCCCCCCCCCCCCCCCCC. The second kappa shape index (κ2) is 39.1. The summed E-state index contributed by atoms with van der Waals surface area (Å²) in [5.74, 6) is -0.311. The fraction of sp³-hybridized carbons (Fsp3) is 0.933. The van der Waals surface area contributed by atoms with Gasteiger partial charge < -0.3 is 18.9 Å². The van der Waals surface area contributed by atoms with Crippen LogP contribution in [0, 0.1) is 0 Å². The van der Waals surface area contributed by atoms with E-state index in [2.05, 4.69) is 26.0 Å². The quantitative estimate of drug-likeness (QED) is 0.0216. The minimum Gasteiger partial charge on any atom is -0.457 e. The van der Waals surface area contributed by atoms with Crippen LogP contribution in [0.3, 0.4) is 0 Å². The number of phosphoric acid groups is 1. The second-order valence-corrected chi connectivity index (χ2v) is 18.2. The topological polar surface area (TPSA) is 91.3 Å². The molecule has 0 spiro atoms. The average molecular weight is 789 g/mol. The van der Waals surface area contributed by atoms with E-state index in [0.29, 0.717) is 24.1 Å². The Morgan fingerprint density at radius 2 is 0.963 bits per heavy atom. The number of carbonyl (C=O) groups is 1. The lowest BCUT2D eigenvalue weighted by atomic mass is 10.0. The highest BCUT2D eigenvalue weighted by Gasteiger charge is 2.26. The molecule has 2 atom stereocenters. The lowest BCUT2D eigenvalue weighted by Crippen LogP contribution is -2.37. The first kappa shape index (κ1) is 53.2. The average Bonchev–Trinajstić information content (AvgIpc) is 3.12. The van der Waals surface area contributed by atoms with Crippen molar-refractivity contribution >= 4 is 13.8 Å². The number of allylic oxidation sites excluding steroid dienone is 2. The van der Waals surface area contributed by atoms with Crippen LogP contribution in [0.5, 0.6) is 0 Å². The monoisotopic (exact) mass is 789 g/mol. The van der Waals surface area contributed by atoms with Gasteiger partial charge in [-0.3, -0.25) is 13.8 Å². The van der Waals surface area contributed by atoms with Gasteiger partial charge in [0.25, 0.3) is 0 Å². The van der Waals surface area contributed by atoms with E-state index in [1.54, 1.807) is 0 Å². The standard InChI is InChI=1S/C45H90NO7P/c1-6-8-10-12-14-16-18-20-21-22-23-24-25-26-28-30-32-34-36-38-45(47)53-44(43-52-54(48,49)51-41-39-46(3,4)5)42-50-40-37-35-33-31-29-27-19-17-15-13-11-9-7-2/h15,17,44H,6-14,16,18-43H2,1-5H3/p+1/b17-15-. The van der Waals surface area contributed by atoms with Crippen molar-refractivity contribution in [1.82, 2.24) is 0 Å². The molecule has 0 aliphatic heterocycles. The number of likely N-dealkylation sites (N-methyl/N-ethyl adjacent to an activating group) is 1. The van der Waals surface area contributed by atoms with Crippen LogP contribution in [-0.4, -0.2) is 75.6 Å². The molecule has 0 amide bonds. The van der Waals surface area contributed by atoms with Gasteiger partial charge in [-0.2, -0.15) is 0 Å². The number of hydrogen-bond acceptors (Lipinski definition) is 6. The number of rotatable bonds is 43. The highest BCUT2D eigenvalue weighted by atomic mass is 31.2. The van der Waals surface area contributed by atoms with Crippen LogP contribution in [0.1, 0.15) is 213 Å². The Kier molecular flexibility index (Phi) is 38.5. The second-order valence-electron chi connectivity index (χ2n) is 16.8. The number of esters is 1. The molecule has 0 heterocycles. The first-order valence-electron chi connectivity index (χ1n) is 22.9. The van der Waals surface area contributed by atoms with Crippen molar-refractivity contribution < 1.29 is 37.3 Å². The number of carbonyl (C=O) groups excluding carboxylic acids is 1. The van der Waals surface area contributed by atoms with E-state index in [-0.39, 0.29) is 25.8 Å². The van der Waals surface area contributed by atoms with Crippen molar-refractivity contribution in [1.29, 1.82) is 0 Å². The summed E-state index contributed by atoms with van der Waals surface area (Å²) in [6, 6.07) is 0. The van der Waals surface area contributed by atoms with Crippen LogP contribution in [-0.2, 0) is 27.9 Å². The molecule has 8 nitrogen and oxygen atoms in total. The summed E-state index contributed by atoms with van der Waals surface area (Å²) in [6.45, 7) is 5.63. The van der Waals surface area contributed by atoms with E-state index in [1.807, 2.05) is 21.1 Å². The Labute approximate surface area is 335 Å². The first-order valence-corrected chi connectivity index (χ1v) is 24.4. The normalized spacial score (nSPS) is 13.8. The maximum absolute atomic E-state index is 12.7. The third kappa shape index (κ3) is 42.4. The van der Waals surface area contributed by atoms with E-state index in [9.17, 15) is 14.3 Å². The van der Waals surface area contributed by atoms with Crippen molar-refractivity contribution in [2.24, 2.45) is 0 Å². The predicted molar refractivity (Wildman–Crippen MR) is 229 cm³/mol. The number of unbranched alkanes of at least 4 members (excludes halogenated alkanes) is 27. The van der Waals surface area contributed by atoms with Gasteiger partial charge in [-0.15, -0.1) is 0 Å². The fourth-order valence-corrected chi connectivity index (χ4v) is 7.23. The van der Waals surface area contributed by atoms with Gasteiger partial charge in [-0.25, -0.2) is 4.57 Å². The number of quaternary nitrogens is 1. The third-order valence-corrected chi connectivity index (χ3v) is 11.1. The highest BCUT2D eigenvalue weighted by Crippen LogP contribution is 2.43. The largest absolute Gasteiger partial charge is 0.472 e. The highest BCUT2D eigenvalue weighted by molar-refractivity contribution is 7.47. The van der Waals surface area contributed by atoms with E-state index in [4.69, 9.17) is 18.5 Å². The predicted octanol–water partition coefficient (Wildman–Crippen LogP) is 13.4. The zero-order chi connectivity index (χ0) is 39.9. The Balaban J connectivity index is 4.15. The minimum atomic E-state index is -4.27. The van der Waals surface area contributed by atoms with E-state index < -0.39 is 13.9 Å². The molecule has 0 aliphatic rings. The zero-order valence-corrected chi connectivity index (χ0v) is 37.4. The molecule has 0 fully saturated rings. The molecule has 54 heavy (non-hydrogen) atoms. The zero-order valence-electron chi connectivity index (χ0n) is 36.5. The molecule has 0 aromatic heterocycles. The van der Waals surface area contributed by atoms with Crippen LogP contribution < -0.4 is 0 Å². The van der Waals surface area contributed by atoms with Crippen molar-refractivity contribution in [2.45, 2.75) is 219 Å². The lowest BCUT2D eigenvalue weighted by molar-refractivity contribution is -0.870. The van der Waals surface area contributed by atoms with Crippen molar-refractivity contribution in [2.75, 3.05) is 54.1 Å². The first-order chi connectivity index (χ1) is 26.1. The van der Waals surface area contributed by atoms with Gasteiger partial charge in [0.1, 0.15) is 19.3 Å². The molecule has 2 unspecified atom stereocenters. The van der Waals surface area contributed by atoms with Gasteiger partial charge >= 0.3 is 13.8 Å². The molecule has 0 bridgehead atoms. The summed E-state index contributed by atoms with van der Waals surface area (Å²) < 4.78 is 35.0. The van der Waals surface area contributed by atoms with Crippen LogP contribution in [0.4, 0.5) is 0 Å². The molecular weight excluding hydrogens is 697 g/mol.